The second kappa shape index (κ2) is 6.89. The third-order valence-electron chi connectivity index (χ3n) is 4.00. The van der Waals surface area contributed by atoms with E-state index in [-0.39, 0.29) is 12.1 Å². The molecule has 110 valence electrons. The van der Waals surface area contributed by atoms with Crippen LogP contribution < -0.4 is 5.73 Å². The van der Waals surface area contributed by atoms with Crippen LogP contribution in [0.25, 0.3) is 0 Å². The first kappa shape index (κ1) is 15.0. The average molecular weight is 275 g/mol. The van der Waals surface area contributed by atoms with Crippen molar-refractivity contribution in [2.75, 3.05) is 6.54 Å². The fourth-order valence-corrected chi connectivity index (χ4v) is 3.21. The van der Waals surface area contributed by atoms with E-state index in [9.17, 15) is 4.79 Å². The number of carbonyl (C=O) groups is 1. The monoisotopic (exact) mass is 275 g/mol. The Morgan fingerprint density at radius 3 is 2.60 bits per heavy atom. The summed E-state index contributed by atoms with van der Waals surface area (Å²) in [6, 6.07) is 7.60. The van der Waals surface area contributed by atoms with Crippen LogP contribution in [-0.2, 0) is 11.2 Å². The maximum Gasteiger partial charge on any atom is 0.338 e. The van der Waals surface area contributed by atoms with Crippen molar-refractivity contribution in [2.45, 2.75) is 45.6 Å². The van der Waals surface area contributed by atoms with E-state index in [1.54, 1.807) is 0 Å². The Hall–Kier alpha value is -1.35. The summed E-state index contributed by atoms with van der Waals surface area (Å²) in [6.45, 7) is 5.06. The molecule has 3 nitrogen and oxygen atoms in total. The van der Waals surface area contributed by atoms with Crippen LogP contribution in [0.5, 0.6) is 0 Å². The first-order chi connectivity index (χ1) is 9.58. The zero-order valence-electron chi connectivity index (χ0n) is 12.5. The highest BCUT2D eigenvalue weighted by Gasteiger charge is 2.26. The molecule has 1 saturated carbocycles. The minimum absolute atomic E-state index is 0.0689. The van der Waals surface area contributed by atoms with E-state index in [4.69, 9.17) is 10.5 Å². The Bertz CT molecular complexity index is 448. The van der Waals surface area contributed by atoms with Crippen molar-refractivity contribution in [2.24, 2.45) is 17.6 Å². The first-order valence-corrected chi connectivity index (χ1v) is 7.58. The molecule has 0 aliphatic heterocycles. The molecule has 1 fully saturated rings. The molecular formula is C17H25NO2. The molecule has 0 saturated heterocycles. The van der Waals surface area contributed by atoms with Crippen molar-refractivity contribution in [3.05, 3.63) is 35.4 Å². The molecule has 0 aromatic heterocycles. The first-order valence-electron chi connectivity index (χ1n) is 7.58. The zero-order valence-corrected chi connectivity index (χ0v) is 12.5. The van der Waals surface area contributed by atoms with Crippen LogP contribution in [-0.4, -0.2) is 18.6 Å². The van der Waals surface area contributed by atoms with Crippen molar-refractivity contribution in [1.29, 1.82) is 0 Å². The normalized spacial score (nSPS) is 26.2. The number of ether oxygens (including phenoxy) is 1. The van der Waals surface area contributed by atoms with E-state index in [1.807, 2.05) is 24.3 Å². The van der Waals surface area contributed by atoms with Gasteiger partial charge in [0, 0.05) is 0 Å². The van der Waals surface area contributed by atoms with Gasteiger partial charge in [-0.3, -0.25) is 0 Å². The third-order valence-corrected chi connectivity index (χ3v) is 4.00. The lowest BCUT2D eigenvalue weighted by Crippen LogP contribution is -2.28. The molecule has 2 unspecified atom stereocenters. The minimum Gasteiger partial charge on any atom is -0.459 e. The molecule has 1 aromatic rings. The average Bonchev–Trinajstić information content (AvgIpc) is 2.38. The van der Waals surface area contributed by atoms with Gasteiger partial charge in [-0.05, 0) is 61.8 Å². The highest BCUT2D eigenvalue weighted by molar-refractivity contribution is 5.89. The highest BCUT2D eigenvalue weighted by atomic mass is 16.5. The maximum absolute atomic E-state index is 12.2. The number of hydrogen-bond donors (Lipinski definition) is 1. The van der Waals surface area contributed by atoms with Gasteiger partial charge in [0.25, 0.3) is 0 Å². The molecule has 0 heterocycles. The molecule has 1 aliphatic carbocycles. The molecule has 0 amide bonds. The van der Waals surface area contributed by atoms with Crippen LogP contribution in [0.1, 0.15) is 49.0 Å². The van der Waals surface area contributed by atoms with Gasteiger partial charge in [-0.15, -0.1) is 0 Å². The molecule has 0 radical (unpaired) electrons. The SMILES string of the molecule is CC1CC(C)CC(OC(=O)c2cccc(CCN)c2)C1. The van der Waals surface area contributed by atoms with Crippen LogP contribution in [0.3, 0.4) is 0 Å². The summed E-state index contributed by atoms with van der Waals surface area (Å²) in [4.78, 5) is 12.2. The highest BCUT2D eigenvalue weighted by Crippen LogP contribution is 2.30. The number of carbonyl (C=O) groups excluding carboxylic acids is 1. The Kier molecular flexibility index (Phi) is 5.18. The van der Waals surface area contributed by atoms with E-state index in [0.29, 0.717) is 23.9 Å². The molecule has 0 bridgehead atoms. The summed E-state index contributed by atoms with van der Waals surface area (Å²) in [5.41, 5.74) is 7.28. The van der Waals surface area contributed by atoms with Crippen LogP contribution in [0.2, 0.25) is 0 Å². The molecule has 2 N–H and O–H groups in total. The quantitative estimate of drug-likeness (QED) is 0.859. The van der Waals surface area contributed by atoms with Gasteiger partial charge in [0.15, 0.2) is 0 Å². The van der Waals surface area contributed by atoms with Crippen LogP contribution in [0.15, 0.2) is 24.3 Å². The summed E-state index contributed by atoms with van der Waals surface area (Å²) < 4.78 is 5.68. The lowest BCUT2D eigenvalue weighted by atomic mass is 9.82. The Morgan fingerprint density at radius 2 is 1.95 bits per heavy atom. The lowest BCUT2D eigenvalue weighted by molar-refractivity contribution is 0.00805. The fourth-order valence-electron chi connectivity index (χ4n) is 3.21. The molecule has 2 atom stereocenters. The molecule has 0 spiro atoms. The summed E-state index contributed by atoms with van der Waals surface area (Å²) in [7, 11) is 0. The van der Waals surface area contributed by atoms with Gasteiger partial charge < -0.3 is 10.5 Å². The van der Waals surface area contributed by atoms with Crippen LogP contribution in [0, 0.1) is 11.8 Å². The molecule has 2 rings (SSSR count). The summed E-state index contributed by atoms with van der Waals surface area (Å²) in [5.74, 6) is 1.08. The third kappa shape index (κ3) is 4.07. The Labute approximate surface area is 121 Å². The number of rotatable bonds is 4. The summed E-state index contributed by atoms with van der Waals surface area (Å²) >= 11 is 0. The second-order valence-corrected chi connectivity index (χ2v) is 6.18. The van der Waals surface area contributed by atoms with Gasteiger partial charge in [0.1, 0.15) is 6.10 Å². The van der Waals surface area contributed by atoms with Crippen molar-refractivity contribution in [3.63, 3.8) is 0 Å². The Morgan fingerprint density at radius 1 is 1.25 bits per heavy atom. The molecule has 1 aliphatic rings. The smallest absolute Gasteiger partial charge is 0.338 e. The predicted octanol–water partition coefficient (Wildman–Crippen LogP) is 3.17. The van der Waals surface area contributed by atoms with E-state index in [0.717, 1.165) is 24.8 Å². The van der Waals surface area contributed by atoms with Crippen molar-refractivity contribution < 1.29 is 9.53 Å². The van der Waals surface area contributed by atoms with Gasteiger partial charge in [0.2, 0.25) is 0 Å². The van der Waals surface area contributed by atoms with Gasteiger partial charge in [-0.25, -0.2) is 4.79 Å². The van der Waals surface area contributed by atoms with Gasteiger partial charge in [0.05, 0.1) is 5.56 Å². The van der Waals surface area contributed by atoms with Crippen LogP contribution in [0.4, 0.5) is 0 Å². The van der Waals surface area contributed by atoms with Gasteiger partial charge in [-0.1, -0.05) is 26.0 Å². The predicted molar refractivity (Wildman–Crippen MR) is 80.6 cm³/mol. The summed E-state index contributed by atoms with van der Waals surface area (Å²) in [6.07, 6.45) is 4.06. The standard InChI is InChI=1S/C17H25NO2/c1-12-8-13(2)10-16(9-12)20-17(19)15-5-3-4-14(11-15)6-7-18/h3-5,11-13,16H,6-10,18H2,1-2H3. The molecule has 20 heavy (non-hydrogen) atoms. The lowest BCUT2D eigenvalue weighted by Gasteiger charge is -2.31. The van der Waals surface area contributed by atoms with E-state index < -0.39 is 0 Å². The number of benzene rings is 1. The second-order valence-electron chi connectivity index (χ2n) is 6.18. The van der Waals surface area contributed by atoms with Crippen molar-refractivity contribution in [1.82, 2.24) is 0 Å². The van der Waals surface area contributed by atoms with E-state index in [2.05, 4.69) is 13.8 Å². The van der Waals surface area contributed by atoms with Crippen LogP contribution >= 0.6 is 0 Å². The minimum atomic E-state index is -0.199. The van der Waals surface area contributed by atoms with E-state index in [1.165, 1.54) is 6.42 Å². The van der Waals surface area contributed by atoms with Gasteiger partial charge >= 0.3 is 5.97 Å². The molecule has 1 aromatic carbocycles. The van der Waals surface area contributed by atoms with Gasteiger partial charge in [-0.2, -0.15) is 0 Å². The van der Waals surface area contributed by atoms with Crippen molar-refractivity contribution >= 4 is 5.97 Å². The Balaban J connectivity index is 1.99. The maximum atomic E-state index is 12.2. The zero-order chi connectivity index (χ0) is 14.5. The molecule has 3 heteroatoms. The topological polar surface area (TPSA) is 52.3 Å². The number of esters is 1. The molecular weight excluding hydrogens is 250 g/mol. The summed E-state index contributed by atoms with van der Waals surface area (Å²) in [5, 5.41) is 0. The fraction of sp³-hybridized carbons (Fsp3) is 0.588. The largest absolute Gasteiger partial charge is 0.459 e. The van der Waals surface area contributed by atoms with E-state index >= 15 is 0 Å². The number of hydrogen-bond acceptors (Lipinski definition) is 3. The van der Waals surface area contributed by atoms with Crippen molar-refractivity contribution in [3.8, 4) is 0 Å². The number of nitrogens with two attached hydrogens (primary N) is 1.